The number of benzene rings is 1. The van der Waals surface area contributed by atoms with Crippen molar-refractivity contribution < 1.29 is 8.78 Å². The first-order valence-corrected chi connectivity index (χ1v) is 8.81. The van der Waals surface area contributed by atoms with Gasteiger partial charge in [-0.2, -0.15) is 0 Å². The van der Waals surface area contributed by atoms with E-state index in [1.807, 2.05) is 0 Å². The van der Waals surface area contributed by atoms with Gasteiger partial charge in [0.25, 0.3) is 0 Å². The summed E-state index contributed by atoms with van der Waals surface area (Å²) in [5.41, 5.74) is -0.188. The zero-order valence-corrected chi connectivity index (χ0v) is 15.9. The van der Waals surface area contributed by atoms with Gasteiger partial charge >= 0.3 is 0 Å². The van der Waals surface area contributed by atoms with Crippen LogP contribution in [0, 0.1) is 11.6 Å². The van der Waals surface area contributed by atoms with E-state index in [9.17, 15) is 8.78 Å². The quantitative estimate of drug-likeness (QED) is 0.391. The normalized spacial score (nSPS) is 11.5. The van der Waals surface area contributed by atoms with Gasteiger partial charge in [-0.1, -0.05) is 26.5 Å². The molecule has 0 bridgehead atoms. The van der Waals surface area contributed by atoms with Gasteiger partial charge in [0.05, 0.1) is 0 Å². The molecule has 0 aliphatic heterocycles. The molecule has 0 aliphatic carbocycles. The lowest BCUT2D eigenvalue weighted by atomic mass is 10.2. The third kappa shape index (κ3) is 6.55. The molecule has 0 aromatic heterocycles. The van der Waals surface area contributed by atoms with Gasteiger partial charge in [-0.3, -0.25) is 4.99 Å². The van der Waals surface area contributed by atoms with Crippen molar-refractivity contribution in [2.24, 2.45) is 9.98 Å². The predicted molar refractivity (Wildman–Crippen MR) is 106 cm³/mol. The van der Waals surface area contributed by atoms with Crippen LogP contribution in [0.4, 0.5) is 14.5 Å². The summed E-state index contributed by atoms with van der Waals surface area (Å²) in [5.74, 6) is -0.814. The second kappa shape index (κ2) is 11.4. The number of anilines is 1. The third-order valence-electron chi connectivity index (χ3n) is 3.96. The molecular weight excluding hydrogens is 336 g/mol. The molecule has 1 aromatic rings. The molecule has 0 saturated carbocycles. The van der Waals surface area contributed by atoms with Crippen molar-refractivity contribution in [3.8, 4) is 0 Å². The average molecular weight is 365 g/mol. The van der Waals surface area contributed by atoms with Crippen LogP contribution >= 0.6 is 0 Å². The van der Waals surface area contributed by atoms with E-state index in [1.54, 1.807) is 0 Å². The van der Waals surface area contributed by atoms with Gasteiger partial charge in [-0.05, 0) is 51.3 Å². The number of guanidine groups is 1. The first-order valence-electron chi connectivity index (χ1n) is 8.81. The second-order valence-corrected chi connectivity index (χ2v) is 5.85. The molecule has 0 spiro atoms. The summed E-state index contributed by atoms with van der Waals surface area (Å²) >= 11 is 0. The Labute approximate surface area is 155 Å². The number of nitrogens with one attached hydrogen (secondary N) is 1. The molecule has 0 unspecified atom stereocenters. The number of rotatable bonds is 10. The van der Waals surface area contributed by atoms with Crippen LogP contribution in [0.2, 0.25) is 0 Å². The van der Waals surface area contributed by atoms with Crippen molar-refractivity contribution in [3.05, 3.63) is 42.2 Å². The van der Waals surface area contributed by atoms with Crippen LogP contribution in [0.1, 0.15) is 26.7 Å². The van der Waals surface area contributed by atoms with Gasteiger partial charge in [0.15, 0.2) is 0 Å². The summed E-state index contributed by atoms with van der Waals surface area (Å²) in [6, 6.07) is 3.70. The summed E-state index contributed by atoms with van der Waals surface area (Å²) < 4.78 is 27.8. The van der Waals surface area contributed by atoms with E-state index in [-0.39, 0.29) is 17.5 Å². The molecule has 1 N–H and O–H groups in total. The van der Waals surface area contributed by atoms with E-state index in [0.29, 0.717) is 6.54 Å². The highest BCUT2D eigenvalue weighted by molar-refractivity contribution is 5.86. The topological polar surface area (TPSA) is 43.2 Å². The van der Waals surface area contributed by atoms with E-state index in [0.717, 1.165) is 32.5 Å². The average Bonchev–Trinajstić information content (AvgIpc) is 2.62. The zero-order valence-electron chi connectivity index (χ0n) is 15.9. The predicted octanol–water partition coefficient (Wildman–Crippen LogP) is 3.64. The minimum absolute atomic E-state index is 0.188. The molecule has 7 heteroatoms. The molecule has 5 nitrogen and oxygen atoms in total. The van der Waals surface area contributed by atoms with Crippen molar-refractivity contribution in [2.45, 2.75) is 26.7 Å². The fourth-order valence-electron chi connectivity index (χ4n) is 2.51. The van der Waals surface area contributed by atoms with Gasteiger partial charge in [0, 0.05) is 13.6 Å². The third-order valence-corrected chi connectivity index (χ3v) is 3.96. The summed E-state index contributed by atoms with van der Waals surface area (Å²) in [6.45, 7) is 15.2. The standard InChI is InChI=1S/C19H29F2N5/c1-6-13-26(7-2)14-9-12-23-19(22-4)24-15(3)25(5)18-16(20)10-8-11-17(18)21/h8,10-11H,3-4,6-7,9,12-14H2,1-2,5H3,(H,23,24). The molecular formula is C19H29F2N5. The Balaban J connectivity index is 2.63. The molecule has 0 heterocycles. The number of aliphatic imine (C=N–C) groups is 2. The minimum atomic E-state index is -0.670. The van der Waals surface area contributed by atoms with E-state index in [2.05, 4.69) is 47.3 Å². The highest BCUT2D eigenvalue weighted by atomic mass is 19.1. The molecule has 26 heavy (non-hydrogen) atoms. The molecule has 144 valence electrons. The Hall–Kier alpha value is -2.28. The molecule has 0 amide bonds. The van der Waals surface area contributed by atoms with Crippen LogP contribution in [0.3, 0.4) is 0 Å². The van der Waals surface area contributed by atoms with Gasteiger partial charge < -0.3 is 15.1 Å². The molecule has 0 saturated heterocycles. The minimum Gasteiger partial charge on any atom is -0.327 e. The van der Waals surface area contributed by atoms with E-state index >= 15 is 0 Å². The largest absolute Gasteiger partial charge is 0.327 e. The lowest BCUT2D eigenvalue weighted by Gasteiger charge is -2.23. The molecule has 0 aliphatic rings. The maximum absolute atomic E-state index is 13.9. The van der Waals surface area contributed by atoms with Crippen LogP contribution in [0.15, 0.2) is 40.6 Å². The van der Waals surface area contributed by atoms with Crippen LogP contribution in [-0.2, 0) is 0 Å². The van der Waals surface area contributed by atoms with Gasteiger partial charge in [0.1, 0.15) is 23.1 Å². The Morgan fingerprint density at radius 2 is 1.85 bits per heavy atom. The highest BCUT2D eigenvalue weighted by Crippen LogP contribution is 2.23. The lowest BCUT2D eigenvalue weighted by Crippen LogP contribution is -2.32. The molecule has 0 atom stereocenters. The summed E-state index contributed by atoms with van der Waals surface area (Å²) in [5, 5.41) is 2.85. The summed E-state index contributed by atoms with van der Waals surface area (Å²) in [7, 11) is 1.52. The maximum atomic E-state index is 13.9. The maximum Gasteiger partial charge on any atom is 0.222 e. The number of halogens is 2. The van der Waals surface area contributed by atoms with Crippen molar-refractivity contribution in [2.75, 3.05) is 38.1 Å². The van der Waals surface area contributed by atoms with Crippen LogP contribution < -0.4 is 10.2 Å². The highest BCUT2D eigenvalue weighted by Gasteiger charge is 2.16. The van der Waals surface area contributed by atoms with Gasteiger partial charge in [-0.25, -0.2) is 13.8 Å². The molecule has 1 aromatic carbocycles. The van der Waals surface area contributed by atoms with Crippen LogP contribution in [0.5, 0.6) is 0 Å². The molecule has 1 rings (SSSR count). The zero-order chi connectivity index (χ0) is 19.5. The van der Waals surface area contributed by atoms with Crippen molar-refractivity contribution in [1.29, 1.82) is 0 Å². The number of hydrogen-bond acceptors (Lipinski definition) is 3. The Morgan fingerprint density at radius 3 is 2.38 bits per heavy atom. The molecule has 0 radical (unpaired) electrons. The van der Waals surface area contributed by atoms with Crippen LogP contribution in [-0.4, -0.2) is 50.8 Å². The number of para-hydroxylation sites is 1. The lowest BCUT2D eigenvalue weighted by molar-refractivity contribution is 0.287. The van der Waals surface area contributed by atoms with Gasteiger partial charge in [0.2, 0.25) is 5.96 Å². The van der Waals surface area contributed by atoms with E-state index < -0.39 is 11.6 Å². The van der Waals surface area contributed by atoms with E-state index in [4.69, 9.17) is 0 Å². The van der Waals surface area contributed by atoms with Crippen molar-refractivity contribution in [1.82, 2.24) is 10.2 Å². The smallest absolute Gasteiger partial charge is 0.222 e. The number of hydrogen-bond donors (Lipinski definition) is 1. The van der Waals surface area contributed by atoms with Gasteiger partial charge in [-0.15, -0.1) is 0 Å². The Morgan fingerprint density at radius 1 is 1.19 bits per heavy atom. The van der Waals surface area contributed by atoms with Crippen LogP contribution in [0.25, 0.3) is 0 Å². The Bertz CT molecular complexity index is 610. The van der Waals surface area contributed by atoms with Crippen molar-refractivity contribution >= 4 is 18.4 Å². The first kappa shape index (κ1) is 21.8. The first-order chi connectivity index (χ1) is 12.4. The second-order valence-electron chi connectivity index (χ2n) is 5.85. The number of nitrogens with zero attached hydrogens (tertiary/aromatic N) is 4. The fourth-order valence-corrected chi connectivity index (χ4v) is 2.51. The van der Waals surface area contributed by atoms with E-state index in [1.165, 1.54) is 30.1 Å². The monoisotopic (exact) mass is 365 g/mol. The Kier molecular flexibility index (Phi) is 9.51. The fraction of sp³-hybridized carbons (Fsp3) is 0.474. The summed E-state index contributed by atoms with van der Waals surface area (Å²) in [4.78, 5) is 11.8. The summed E-state index contributed by atoms with van der Waals surface area (Å²) in [6.07, 6.45) is 2.01. The SMILES string of the molecule is C=NC(=NCCCN(CC)CCC)NC(=C)N(C)c1c(F)cccc1F. The molecule has 0 fully saturated rings. The van der Waals surface area contributed by atoms with Crippen molar-refractivity contribution in [3.63, 3.8) is 0 Å².